The van der Waals surface area contributed by atoms with Crippen molar-refractivity contribution in [2.24, 2.45) is 29.4 Å². The van der Waals surface area contributed by atoms with Crippen LogP contribution in [0.4, 0.5) is 0 Å². The van der Waals surface area contributed by atoms with Gasteiger partial charge in [0.15, 0.2) is 0 Å². The molecular weight excluding hydrogens is 434 g/mol. The zero-order chi connectivity index (χ0) is 24.1. The van der Waals surface area contributed by atoms with E-state index in [9.17, 15) is 19.8 Å². The minimum atomic E-state index is -0.856. The van der Waals surface area contributed by atoms with Crippen LogP contribution < -0.4 is 5.73 Å². The molecular formula is C26H45N3O5. The third-order valence-corrected chi connectivity index (χ3v) is 8.93. The van der Waals surface area contributed by atoms with Gasteiger partial charge in [0.2, 0.25) is 11.8 Å². The summed E-state index contributed by atoms with van der Waals surface area (Å²) >= 11 is 0. The largest absolute Gasteiger partial charge is 0.388 e. The van der Waals surface area contributed by atoms with E-state index in [1.807, 2.05) is 0 Å². The van der Waals surface area contributed by atoms with Gasteiger partial charge in [-0.3, -0.25) is 9.59 Å². The Morgan fingerprint density at radius 2 is 1.56 bits per heavy atom. The van der Waals surface area contributed by atoms with E-state index in [1.165, 1.54) is 30.6 Å². The Hall–Kier alpha value is -1.22. The number of hydrogen-bond donors (Lipinski definition) is 3. The van der Waals surface area contributed by atoms with Gasteiger partial charge < -0.3 is 30.5 Å². The fourth-order valence-electron chi connectivity index (χ4n) is 6.79. The fourth-order valence-corrected chi connectivity index (χ4v) is 6.79. The number of aliphatic hydroxyl groups excluding tert-OH is 2. The summed E-state index contributed by atoms with van der Waals surface area (Å²) in [7, 11) is 0. The second-order valence-electron chi connectivity index (χ2n) is 11.2. The molecule has 4 rings (SSSR count). The SMILES string of the molecule is NCC1CCCC(C2CCN(C(=O)C3CCCC(OCCC(=O)N4C[C@@H](O)[C@H](O)C4)C3)CC2)C1. The van der Waals surface area contributed by atoms with Crippen molar-refractivity contribution in [1.82, 2.24) is 9.80 Å². The first-order chi connectivity index (χ1) is 16.4. The molecule has 4 aliphatic rings. The van der Waals surface area contributed by atoms with Crippen molar-refractivity contribution in [1.29, 1.82) is 0 Å². The topological polar surface area (TPSA) is 116 Å². The molecule has 4 unspecified atom stereocenters. The molecule has 0 radical (unpaired) electrons. The molecule has 2 saturated heterocycles. The lowest BCUT2D eigenvalue weighted by atomic mass is 9.72. The van der Waals surface area contributed by atoms with Crippen LogP contribution in [0.3, 0.4) is 0 Å². The summed E-state index contributed by atoms with van der Waals surface area (Å²) in [5.41, 5.74) is 5.93. The van der Waals surface area contributed by atoms with Gasteiger partial charge in [0.05, 0.1) is 31.3 Å². The van der Waals surface area contributed by atoms with Crippen molar-refractivity contribution in [3.8, 4) is 0 Å². The fraction of sp³-hybridized carbons (Fsp3) is 0.923. The lowest BCUT2D eigenvalue weighted by Gasteiger charge is -2.41. The van der Waals surface area contributed by atoms with Crippen LogP contribution >= 0.6 is 0 Å². The highest BCUT2D eigenvalue weighted by atomic mass is 16.5. The van der Waals surface area contributed by atoms with Crippen LogP contribution in [0, 0.1) is 23.7 Å². The number of carbonyl (C=O) groups is 2. The van der Waals surface area contributed by atoms with Gasteiger partial charge in [-0.05, 0) is 69.2 Å². The monoisotopic (exact) mass is 479 g/mol. The summed E-state index contributed by atoms with van der Waals surface area (Å²) in [5, 5.41) is 19.2. The Bertz CT molecular complexity index is 673. The molecule has 4 fully saturated rings. The second-order valence-corrected chi connectivity index (χ2v) is 11.2. The van der Waals surface area contributed by atoms with Crippen molar-refractivity contribution < 1.29 is 24.5 Å². The number of likely N-dealkylation sites (tertiary alicyclic amines) is 2. The predicted octanol–water partition coefficient (Wildman–Crippen LogP) is 1.52. The molecule has 2 amide bonds. The maximum atomic E-state index is 13.2. The highest BCUT2D eigenvalue weighted by molar-refractivity contribution is 5.79. The van der Waals surface area contributed by atoms with E-state index in [0.717, 1.165) is 70.0 Å². The number of aliphatic hydroxyl groups is 2. The number of carbonyl (C=O) groups excluding carboxylic acids is 2. The average Bonchev–Trinajstić information content (AvgIpc) is 3.22. The summed E-state index contributed by atoms with van der Waals surface area (Å²) in [6.07, 6.45) is 9.61. The lowest BCUT2D eigenvalue weighted by Crippen LogP contribution is -2.45. The molecule has 0 bridgehead atoms. The van der Waals surface area contributed by atoms with E-state index in [-0.39, 0.29) is 37.4 Å². The van der Waals surface area contributed by atoms with E-state index in [2.05, 4.69) is 4.90 Å². The summed E-state index contributed by atoms with van der Waals surface area (Å²) in [6.45, 7) is 3.28. The van der Waals surface area contributed by atoms with Gasteiger partial charge in [0.1, 0.15) is 0 Å². The zero-order valence-corrected chi connectivity index (χ0v) is 20.7. The van der Waals surface area contributed by atoms with Gasteiger partial charge in [-0.2, -0.15) is 0 Å². The number of nitrogens with two attached hydrogens (primary N) is 1. The van der Waals surface area contributed by atoms with E-state index in [1.54, 1.807) is 0 Å². The number of rotatable bonds is 7. The molecule has 194 valence electrons. The molecule has 0 aromatic heterocycles. The van der Waals surface area contributed by atoms with Crippen LogP contribution in [-0.4, -0.2) is 89.5 Å². The minimum Gasteiger partial charge on any atom is -0.388 e. The first-order valence-electron chi connectivity index (χ1n) is 13.7. The van der Waals surface area contributed by atoms with Gasteiger partial charge in [0, 0.05) is 32.1 Å². The first kappa shape index (κ1) is 25.9. The van der Waals surface area contributed by atoms with Gasteiger partial charge in [-0.25, -0.2) is 0 Å². The lowest BCUT2D eigenvalue weighted by molar-refractivity contribution is -0.141. The smallest absolute Gasteiger partial charge is 0.225 e. The van der Waals surface area contributed by atoms with Gasteiger partial charge in [-0.1, -0.05) is 19.3 Å². The normalized spacial score (nSPS) is 35.5. The molecule has 2 heterocycles. The molecule has 34 heavy (non-hydrogen) atoms. The van der Waals surface area contributed by atoms with Crippen molar-refractivity contribution in [3.63, 3.8) is 0 Å². The maximum absolute atomic E-state index is 13.2. The molecule has 8 heteroatoms. The average molecular weight is 480 g/mol. The number of nitrogens with zero attached hydrogens (tertiary/aromatic N) is 2. The molecule has 0 spiro atoms. The van der Waals surface area contributed by atoms with E-state index in [0.29, 0.717) is 18.4 Å². The van der Waals surface area contributed by atoms with Crippen LogP contribution in [0.1, 0.15) is 70.6 Å². The van der Waals surface area contributed by atoms with Crippen molar-refractivity contribution in [2.45, 2.75) is 88.9 Å². The van der Waals surface area contributed by atoms with Crippen LogP contribution in [0.2, 0.25) is 0 Å². The van der Waals surface area contributed by atoms with E-state index < -0.39 is 12.2 Å². The summed E-state index contributed by atoms with van der Waals surface area (Å²) in [6, 6.07) is 0. The Labute approximate surface area is 204 Å². The highest BCUT2D eigenvalue weighted by Crippen LogP contribution is 2.38. The molecule has 0 aromatic carbocycles. The zero-order valence-electron chi connectivity index (χ0n) is 20.7. The molecule has 4 N–H and O–H groups in total. The van der Waals surface area contributed by atoms with Crippen molar-refractivity contribution >= 4 is 11.8 Å². The van der Waals surface area contributed by atoms with Crippen molar-refractivity contribution in [3.05, 3.63) is 0 Å². The number of β-amino-alcohol motifs (C(OH)–C–C–N with tert-alkyl or cyclic N) is 2. The number of amides is 2. The highest BCUT2D eigenvalue weighted by Gasteiger charge is 2.36. The van der Waals surface area contributed by atoms with Crippen LogP contribution in [0.25, 0.3) is 0 Å². The third-order valence-electron chi connectivity index (χ3n) is 8.93. The molecule has 8 nitrogen and oxygen atoms in total. The molecule has 2 aliphatic carbocycles. The number of piperidine rings is 1. The summed E-state index contributed by atoms with van der Waals surface area (Å²) in [4.78, 5) is 29.1. The maximum Gasteiger partial charge on any atom is 0.225 e. The van der Waals surface area contributed by atoms with Crippen LogP contribution in [0.5, 0.6) is 0 Å². The van der Waals surface area contributed by atoms with Crippen LogP contribution in [-0.2, 0) is 14.3 Å². The Balaban J connectivity index is 1.16. The van der Waals surface area contributed by atoms with Crippen molar-refractivity contribution in [2.75, 3.05) is 39.3 Å². The molecule has 2 aliphatic heterocycles. The summed E-state index contributed by atoms with van der Waals surface area (Å²) in [5.74, 6) is 2.47. The Morgan fingerprint density at radius 3 is 2.26 bits per heavy atom. The molecule has 6 atom stereocenters. The van der Waals surface area contributed by atoms with Gasteiger partial charge >= 0.3 is 0 Å². The predicted molar refractivity (Wildman–Crippen MR) is 129 cm³/mol. The summed E-state index contributed by atoms with van der Waals surface area (Å²) < 4.78 is 6.00. The van der Waals surface area contributed by atoms with Gasteiger partial charge in [0.25, 0.3) is 0 Å². The minimum absolute atomic E-state index is 0.0261. The molecule has 2 saturated carbocycles. The number of ether oxygens (including phenoxy) is 1. The number of hydrogen-bond acceptors (Lipinski definition) is 6. The van der Waals surface area contributed by atoms with Gasteiger partial charge in [-0.15, -0.1) is 0 Å². The van der Waals surface area contributed by atoms with E-state index in [4.69, 9.17) is 10.5 Å². The Kier molecular flexibility index (Phi) is 9.24. The third kappa shape index (κ3) is 6.50. The second kappa shape index (κ2) is 12.2. The van der Waals surface area contributed by atoms with Crippen LogP contribution in [0.15, 0.2) is 0 Å². The standard InChI is InChI=1S/C26H45N3O5/c27-15-18-3-1-4-20(13-18)19-7-10-28(11-8-19)26(33)21-5-2-6-22(14-21)34-12-9-25(32)29-16-23(30)24(31)17-29/h18-24,30-31H,1-17,27H2/t18?,20?,21?,22?,23-,24-/m1/s1. The van der Waals surface area contributed by atoms with E-state index >= 15 is 0 Å². The first-order valence-corrected chi connectivity index (χ1v) is 13.7. The molecule has 0 aromatic rings. The quantitative estimate of drug-likeness (QED) is 0.510. The Morgan fingerprint density at radius 1 is 0.853 bits per heavy atom.